The van der Waals surface area contributed by atoms with Crippen molar-refractivity contribution in [2.75, 3.05) is 0 Å². The van der Waals surface area contributed by atoms with Crippen molar-refractivity contribution in [2.45, 2.75) is 45.4 Å². The Balaban J connectivity index is 2.95. The summed E-state index contributed by atoms with van der Waals surface area (Å²) in [6, 6.07) is 0. The fraction of sp³-hybridized carbons (Fsp3) is 0.636. The molecule has 0 aliphatic carbocycles. The van der Waals surface area contributed by atoms with Gasteiger partial charge >= 0.3 is 0 Å². The van der Waals surface area contributed by atoms with Gasteiger partial charge in [-0.1, -0.05) is 25.5 Å². The van der Waals surface area contributed by atoms with Gasteiger partial charge in [0.1, 0.15) is 6.26 Å². The fourth-order valence-corrected chi connectivity index (χ4v) is 1.05. The van der Waals surface area contributed by atoms with Crippen molar-refractivity contribution in [3.8, 4) is 0 Å². The molecule has 0 saturated carbocycles. The van der Waals surface area contributed by atoms with Crippen LogP contribution in [-0.2, 0) is 5.11 Å². The number of allylic oxidation sites excluding steroid dienone is 3. The average Bonchev–Trinajstić information content (AvgIpc) is 2.10. The van der Waals surface area contributed by atoms with Gasteiger partial charge in [-0.15, -0.1) is 0 Å². The Bertz CT molecular complexity index is 125. The first-order valence-corrected chi connectivity index (χ1v) is 4.83. The maximum atomic E-state index is 9.91. The van der Waals surface area contributed by atoms with E-state index in [0.29, 0.717) is 0 Å². The Hall–Kier alpha value is -0.720. The minimum absolute atomic E-state index is 0.886. The van der Waals surface area contributed by atoms with E-state index in [1.807, 2.05) is 0 Å². The molecule has 1 heteroatoms. The highest BCUT2D eigenvalue weighted by Gasteiger charge is 1.85. The van der Waals surface area contributed by atoms with Gasteiger partial charge in [0.15, 0.2) is 0 Å². The molecule has 0 N–H and O–H groups in total. The molecule has 0 unspecified atom stereocenters. The normalized spacial score (nSPS) is 11.8. The highest BCUT2D eigenvalue weighted by atomic mass is 16.2. The molecular formula is C11H19O. The van der Waals surface area contributed by atoms with Gasteiger partial charge in [0, 0.05) is 0 Å². The molecular weight excluding hydrogens is 148 g/mol. The van der Waals surface area contributed by atoms with Crippen LogP contribution in [-0.4, -0.2) is 0 Å². The lowest BCUT2D eigenvalue weighted by Gasteiger charge is -1.93. The molecule has 69 valence electrons. The summed E-state index contributed by atoms with van der Waals surface area (Å²) in [5, 5.41) is 9.91. The van der Waals surface area contributed by atoms with Crippen molar-refractivity contribution >= 4 is 0 Å². The molecule has 0 amide bonds. The van der Waals surface area contributed by atoms with E-state index in [0.717, 1.165) is 25.5 Å². The SMILES string of the molecule is CCC=CCCCCCC=C[O]. The first kappa shape index (κ1) is 11.3. The molecule has 0 spiro atoms. The first-order chi connectivity index (χ1) is 5.91. The smallest absolute Gasteiger partial charge is 0.138 e. The van der Waals surface area contributed by atoms with Gasteiger partial charge in [0.05, 0.1) is 0 Å². The summed E-state index contributed by atoms with van der Waals surface area (Å²) in [7, 11) is 0. The van der Waals surface area contributed by atoms with E-state index in [1.54, 1.807) is 6.08 Å². The van der Waals surface area contributed by atoms with E-state index in [1.165, 1.54) is 19.3 Å². The number of rotatable bonds is 7. The summed E-state index contributed by atoms with van der Waals surface area (Å²) in [5.74, 6) is 0. The van der Waals surface area contributed by atoms with Gasteiger partial charge in [0.25, 0.3) is 0 Å². The lowest BCUT2D eigenvalue weighted by molar-refractivity contribution is 0.349. The quantitative estimate of drug-likeness (QED) is 0.312. The van der Waals surface area contributed by atoms with Crippen LogP contribution in [0, 0.1) is 0 Å². The van der Waals surface area contributed by atoms with Crippen LogP contribution in [0.1, 0.15) is 45.4 Å². The van der Waals surface area contributed by atoms with Gasteiger partial charge < -0.3 is 0 Å². The van der Waals surface area contributed by atoms with Crippen LogP contribution in [0.15, 0.2) is 24.5 Å². The van der Waals surface area contributed by atoms with E-state index in [2.05, 4.69) is 19.1 Å². The highest BCUT2D eigenvalue weighted by molar-refractivity contribution is 4.79. The molecule has 1 nitrogen and oxygen atoms in total. The molecule has 0 saturated heterocycles. The summed E-state index contributed by atoms with van der Waals surface area (Å²) in [6.07, 6.45) is 13.9. The maximum absolute atomic E-state index is 9.91. The second-order valence-corrected chi connectivity index (χ2v) is 2.89. The average molecular weight is 167 g/mol. The third kappa shape index (κ3) is 9.28. The van der Waals surface area contributed by atoms with Crippen molar-refractivity contribution < 1.29 is 5.11 Å². The lowest BCUT2D eigenvalue weighted by Crippen LogP contribution is -1.74. The minimum atomic E-state index is 0.886. The Kier molecular flexibility index (Phi) is 9.66. The molecule has 0 atom stereocenters. The van der Waals surface area contributed by atoms with E-state index in [4.69, 9.17) is 0 Å². The largest absolute Gasteiger partial charge is 0.299 e. The van der Waals surface area contributed by atoms with Crippen LogP contribution in [0.2, 0.25) is 0 Å². The Morgan fingerprint density at radius 2 is 1.58 bits per heavy atom. The predicted molar refractivity (Wildman–Crippen MR) is 52.3 cm³/mol. The van der Waals surface area contributed by atoms with Crippen LogP contribution in [0.4, 0.5) is 0 Å². The van der Waals surface area contributed by atoms with Crippen LogP contribution in [0.3, 0.4) is 0 Å². The molecule has 12 heavy (non-hydrogen) atoms. The molecule has 0 aromatic heterocycles. The molecule has 0 aromatic rings. The zero-order valence-electron chi connectivity index (χ0n) is 7.96. The minimum Gasteiger partial charge on any atom is -0.299 e. The Morgan fingerprint density at radius 1 is 0.917 bits per heavy atom. The van der Waals surface area contributed by atoms with Crippen molar-refractivity contribution in [2.24, 2.45) is 0 Å². The number of unbranched alkanes of at least 4 members (excludes halogenated alkanes) is 4. The number of hydrogen-bond donors (Lipinski definition) is 0. The topological polar surface area (TPSA) is 19.9 Å². The predicted octanol–water partition coefficient (Wildman–Crippen LogP) is 3.85. The van der Waals surface area contributed by atoms with Gasteiger partial charge in [-0.3, -0.25) is 5.11 Å². The van der Waals surface area contributed by atoms with Crippen LogP contribution >= 0.6 is 0 Å². The van der Waals surface area contributed by atoms with E-state index in [-0.39, 0.29) is 0 Å². The maximum Gasteiger partial charge on any atom is 0.138 e. The van der Waals surface area contributed by atoms with Crippen molar-refractivity contribution in [1.29, 1.82) is 0 Å². The van der Waals surface area contributed by atoms with Gasteiger partial charge in [-0.2, -0.15) is 0 Å². The Labute approximate surface area is 75.8 Å². The summed E-state index contributed by atoms with van der Waals surface area (Å²) in [4.78, 5) is 0. The molecule has 0 heterocycles. The van der Waals surface area contributed by atoms with Crippen LogP contribution in [0.25, 0.3) is 0 Å². The van der Waals surface area contributed by atoms with E-state index in [9.17, 15) is 5.11 Å². The molecule has 0 fully saturated rings. The Morgan fingerprint density at radius 3 is 2.17 bits per heavy atom. The second kappa shape index (κ2) is 10.3. The van der Waals surface area contributed by atoms with Crippen LogP contribution < -0.4 is 0 Å². The first-order valence-electron chi connectivity index (χ1n) is 4.83. The zero-order valence-corrected chi connectivity index (χ0v) is 7.96. The third-order valence-electron chi connectivity index (χ3n) is 1.74. The third-order valence-corrected chi connectivity index (χ3v) is 1.74. The summed E-state index contributed by atoms with van der Waals surface area (Å²) >= 11 is 0. The molecule has 0 aromatic carbocycles. The van der Waals surface area contributed by atoms with Crippen LogP contribution in [0.5, 0.6) is 0 Å². The monoisotopic (exact) mass is 167 g/mol. The standard InChI is InChI=1S/C11H19O/c1-2-3-4-5-6-7-8-9-10-11-12/h3-4,10-11H,2,5-9H2,1H3. The molecule has 0 aliphatic heterocycles. The fourth-order valence-electron chi connectivity index (χ4n) is 1.05. The summed E-state index contributed by atoms with van der Waals surface area (Å²) in [6.45, 7) is 2.15. The van der Waals surface area contributed by atoms with Gasteiger partial charge in [0.2, 0.25) is 0 Å². The van der Waals surface area contributed by atoms with Gasteiger partial charge in [-0.05, 0) is 38.2 Å². The van der Waals surface area contributed by atoms with Crippen molar-refractivity contribution in [3.63, 3.8) is 0 Å². The highest BCUT2D eigenvalue weighted by Crippen LogP contribution is 2.04. The molecule has 0 rings (SSSR count). The van der Waals surface area contributed by atoms with E-state index >= 15 is 0 Å². The molecule has 1 radical (unpaired) electrons. The summed E-state index contributed by atoms with van der Waals surface area (Å²) < 4.78 is 0. The van der Waals surface area contributed by atoms with E-state index < -0.39 is 0 Å². The number of hydrogen-bond acceptors (Lipinski definition) is 0. The van der Waals surface area contributed by atoms with Crippen molar-refractivity contribution in [3.05, 3.63) is 24.5 Å². The second-order valence-electron chi connectivity index (χ2n) is 2.89. The lowest BCUT2D eigenvalue weighted by atomic mass is 10.1. The van der Waals surface area contributed by atoms with Crippen molar-refractivity contribution in [1.82, 2.24) is 0 Å². The summed E-state index contributed by atoms with van der Waals surface area (Å²) in [5.41, 5.74) is 0. The zero-order chi connectivity index (χ0) is 9.07. The molecule has 0 bridgehead atoms. The van der Waals surface area contributed by atoms with Gasteiger partial charge in [-0.25, -0.2) is 0 Å². The molecule has 0 aliphatic rings.